The smallest absolute Gasteiger partial charge is 0.252 e. The van der Waals surface area contributed by atoms with Crippen LogP contribution in [0.3, 0.4) is 0 Å². The lowest BCUT2D eigenvalue weighted by molar-refractivity contribution is -0.145. The SMILES string of the molecule is CCCN1CCN(c2ccnc(-n3ccnc3)n2)CC1(C(N)=O)C(=O)NCCc1ccc2c(c1)OCCO2. The normalized spacial score (nSPS) is 19.2. The minimum absolute atomic E-state index is 0.0819. The van der Waals surface area contributed by atoms with Crippen LogP contribution in [0.25, 0.3) is 5.95 Å². The number of nitrogens with two attached hydrogens (primary N) is 1. The van der Waals surface area contributed by atoms with Crippen LogP contribution in [0.2, 0.25) is 0 Å². The highest BCUT2D eigenvalue weighted by Gasteiger charge is 2.53. The van der Waals surface area contributed by atoms with Crippen molar-refractivity contribution in [3.8, 4) is 17.4 Å². The molecular weight excluding hydrogens is 488 g/mol. The first kappa shape index (κ1) is 25.5. The molecule has 1 fully saturated rings. The van der Waals surface area contributed by atoms with Crippen molar-refractivity contribution in [3.05, 3.63) is 54.7 Å². The van der Waals surface area contributed by atoms with Gasteiger partial charge in [0.2, 0.25) is 11.9 Å². The number of benzene rings is 1. The van der Waals surface area contributed by atoms with E-state index in [0.29, 0.717) is 63.3 Å². The largest absolute Gasteiger partial charge is 0.486 e. The minimum Gasteiger partial charge on any atom is -0.486 e. The number of nitrogens with zero attached hydrogens (tertiary/aromatic N) is 6. The van der Waals surface area contributed by atoms with Gasteiger partial charge in [0.05, 0.1) is 6.54 Å². The van der Waals surface area contributed by atoms with Gasteiger partial charge in [-0.3, -0.25) is 19.1 Å². The Morgan fingerprint density at radius 3 is 2.74 bits per heavy atom. The Labute approximate surface area is 220 Å². The van der Waals surface area contributed by atoms with E-state index < -0.39 is 17.4 Å². The van der Waals surface area contributed by atoms with E-state index in [2.05, 4.69) is 20.3 Å². The summed E-state index contributed by atoms with van der Waals surface area (Å²) in [7, 11) is 0. The van der Waals surface area contributed by atoms with Crippen LogP contribution in [0, 0.1) is 0 Å². The van der Waals surface area contributed by atoms with Crippen LogP contribution >= 0.6 is 0 Å². The quantitative estimate of drug-likeness (QED) is 0.387. The van der Waals surface area contributed by atoms with E-state index in [1.54, 1.807) is 35.6 Å². The van der Waals surface area contributed by atoms with Crippen molar-refractivity contribution in [3.63, 3.8) is 0 Å². The maximum Gasteiger partial charge on any atom is 0.252 e. The Kier molecular flexibility index (Phi) is 7.40. The number of amides is 2. The van der Waals surface area contributed by atoms with Crippen LogP contribution in [0.1, 0.15) is 18.9 Å². The summed E-state index contributed by atoms with van der Waals surface area (Å²) in [6.45, 7) is 5.11. The summed E-state index contributed by atoms with van der Waals surface area (Å²) in [6.07, 6.45) is 8.00. The Hall–Kier alpha value is -4.19. The number of nitrogens with one attached hydrogen (secondary N) is 1. The van der Waals surface area contributed by atoms with Crippen molar-refractivity contribution >= 4 is 17.6 Å². The van der Waals surface area contributed by atoms with E-state index in [4.69, 9.17) is 15.2 Å². The third-order valence-electron chi connectivity index (χ3n) is 6.87. The van der Waals surface area contributed by atoms with Crippen LogP contribution in [0.4, 0.5) is 5.82 Å². The molecule has 3 N–H and O–H groups in total. The Bertz CT molecular complexity index is 1280. The highest BCUT2D eigenvalue weighted by molar-refractivity contribution is 6.10. The van der Waals surface area contributed by atoms with Crippen molar-refractivity contribution in [2.45, 2.75) is 25.3 Å². The first-order chi connectivity index (χ1) is 18.5. The molecular formula is C26H32N8O4. The molecule has 5 rings (SSSR count). The van der Waals surface area contributed by atoms with Crippen LogP contribution in [0.15, 0.2) is 49.2 Å². The molecule has 1 saturated heterocycles. The number of rotatable bonds is 9. The van der Waals surface area contributed by atoms with Gasteiger partial charge in [0.1, 0.15) is 25.4 Å². The summed E-state index contributed by atoms with van der Waals surface area (Å²) < 4.78 is 12.9. The van der Waals surface area contributed by atoms with E-state index in [0.717, 1.165) is 17.7 Å². The first-order valence-electron chi connectivity index (χ1n) is 12.8. The lowest BCUT2D eigenvalue weighted by Crippen LogP contribution is -2.74. The number of anilines is 1. The van der Waals surface area contributed by atoms with E-state index in [9.17, 15) is 9.59 Å². The number of aromatic nitrogens is 4. The second kappa shape index (κ2) is 11.1. The standard InChI is InChI=1S/C26H32N8O4/c1-2-10-34-13-12-32(22-6-8-30-25(31-22)33-11-9-28-18-33)17-26(34,23(27)35)24(36)29-7-5-19-3-4-20-21(16-19)38-15-14-37-20/h3-4,6,8-9,11,16,18H,2,5,7,10,12-15,17H2,1H3,(H2,27,35)(H,29,36). The maximum atomic E-state index is 13.7. The maximum absolute atomic E-state index is 13.7. The summed E-state index contributed by atoms with van der Waals surface area (Å²) in [5, 5.41) is 2.97. The molecule has 38 heavy (non-hydrogen) atoms. The highest BCUT2D eigenvalue weighted by Crippen LogP contribution is 2.31. The van der Waals surface area contributed by atoms with Gasteiger partial charge in [-0.1, -0.05) is 13.0 Å². The monoisotopic (exact) mass is 520 g/mol. The molecule has 1 unspecified atom stereocenters. The molecule has 3 aromatic rings. The molecule has 2 aromatic heterocycles. The van der Waals surface area contributed by atoms with Crippen molar-refractivity contribution in [1.82, 2.24) is 29.7 Å². The van der Waals surface area contributed by atoms with Gasteiger partial charge in [0, 0.05) is 38.2 Å². The number of ether oxygens (including phenoxy) is 2. The number of carbonyl (C=O) groups is 2. The Morgan fingerprint density at radius 1 is 1.13 bits per heavy atom. The van der Waals surface area contributed by atoms with Crippen molar-refractivity contribution in [2.75, 3.05) is 50.8 Å². The fourth-order valence-electron chi connectivity index (χ4n) is 4.94. The predicted octanol–water partition coefficient (Wildman–Crippen LogP) is 0.549. The lowest BCUT2D eigenvalue weighted by atomic mass is 9.90. The molecule has 12 heteroatoms. The molecule has 200 valence electrons. The second-order valence-corrected chi connectivity index (χ2v) is 9.30. The number of piperazine rings is 1. The molecule has 0 spiro atoms. The zero-order chi connectivity index (χ0) is 26.5. The number of carbonyl (C=O) groups excluding carboxylic acids is 2. The first-order valence-corrected chi connectivity index (χ1v) is 12.8. The van der Waals surface area contributed by atoms with E-state index in [1.807, 2.05) is 34.9 Å². The van der Waals surface area contributed by atoms with Crippen LogP contribution in [-0.2, 0) is 16.0 Å². The van der Waals surface area contributed by atoms with Gasteiger partial charge < -0.3 is 25.4 Å². The number of primary amides is 1. The molecule has 1 atom stereocenters. The molecule has 0 aliphatic carbocycles. The van der Waals surface area contributed by atoms with Crippen LogP contribution < -0.4 is 25.4 Å². The summed E-state index contributed by atoms with van der Waals surface area (Å²) in [5.74, 6) is 1.38. The van der Waals surface area contributed by atoms with Crippen molar-refractivity contribution < 1.29 is 19.1 Å². The number of hydrogen-bond acceptors (Lipinski definition) is 9. The van der Waals surface area contributed by atoms with Crippen molar-refractivity contribution in [2.24, 2.45) is 5.73 Å². The summed E-state index contributed by atoms with van der Waals surface area (Å²) in [6, 6.07) is 7.51. The fraction of sp³-hybridized carbons (Fsp3) is 0.423. The topological polar surface area (TPSA) is 141 Å². The summed E-state index contributed by atoms with van der Waals surface area (Å²) in [4.78, 5) is 43.6. The zero-order valence-corrected chi connectivity index (χ0v) is 21.4. The third-order valence-corrected chi connectivity index (χ3v) is 6.87. The van der Waals surface area contributed by atoms with E-state index in [-0.39, 0.29) is 6.54 Å². The Balaban J connectivity index is 1.34. The Morgan fingerprint density at radius 2 is 1.97 bits per heavy atom. The van der Waals surface area contributed by atoms with Crippen molar-refractivity contribution in [1.29, 1.82) is 0 Å². The molecule has 4 heterocycles. The van der Waals surface area contributed by atoms with Gasteiger partial charge in [-0.25, -0.2) is 9.97 Å². The molecule has 0 bridgehead atoms. The number of fused-ring (bicyclic) bond motifs is 1. The lowest BCUT2D eigenvalue weighted by Gasteiger charge is -2.47. The van der Waals surface area contributed by atoms with E-state index in [1.165, 1.54) is 0 Å². The number of hydrogen-bond donors (Lipinski definition) is 2. The summed E-state index contributed by atoms with van der Waals surface area (Å²) >= 11 is 0. The second-order valence-electron chi connectivity index (χ2n) is 9.30. The summed E-state index contributed by atoms with van der Waals surface area (Å²) in [5.41, 5.74) is 5.44. The van der Waals surface area contributed by atoms with Crippen LogP contribution in [-0.4, -0.2) is 87.7 Å². The average molecular weight is 521 g/mol. The molecule has 1 aromatic carbocycles. The molecule has 2 aliphatic heterocycles. The van der Waals surface area contributed by atoms with Gasteiger partial charge in [-0.05, 0) is 43.1 Å². The molecule has 2 amide bonds. The van der Waals surface area contributed by atoms with Crippen LogP contribution in [0.5, 0.6) is 11.5 Å². The number of imidazole rings is 1. The van der Waals surface area contributed by atoms with Gasteiger partial charge in [0.25, 0.3) is 5.91 Å². The van der Waals surface area contributed by atoms with Gasteiger partial charge in [0.15, 0.2) is 17.0 Å². The molecule has 2 aliphatic rings. The predicted molar refractivity (Wildman–Crippen MR) is 139 cm³/mol. The molecule has 0 radical (unpaired) electrons. The average Bonchev–Trinajstić information content (AvgIpc) is 3.48. The van der Waals surface area contributed by atoms with Gasteiger partial charge in [-0.2, -0.15) is 4.98 Å². The third kappa shape index (κ3) is 4.99. The molecule has 0 saturated carbocycles. The highest BCUT2D eigenvalue weighted by atomic mass is 16.6. The van der Waals surface area contributed by atoms with Gasteiger partial charge >= 0.3 is 0 Å². The zero-order valence-electron chi connectivity index (χ0n) is 21.4. The van der Waals surface area contributed by atoms with Gasteiger partial charge in [-0.15, -0.1) is 0 Å². The van der Waals surface area contributed by atoms with E-state index >= 15 is 0 Å². The fourth-order valence-corrected chi connectivity index (χ4v) is 4.94. The molecule has 12 nitrogen and oxygen atoms in total. The minimum atomic E-state index is -1.54.